The van der Waals surface area contributed by atoms with Crippen molar-refractivity contribution in [1.29, 1.82) is 0 Å². The minimum Gasteiger partial charge on any atom is -0.478 e. The first-order chi connectivity index (χ1) is 13.9. The van der Waals surface area contributed by atoms with Crippen LogP contribution in [0.5, 0.6) is 0 Å². The largest absolute Gasteiger partial charge is 0.478 e. The van der Waals surface area contributed by atoms with Crippen LogP contribution < -0.4 is 5.56 Å². The van der Waals surface area contributed by atoms with Crippen LogP contribution in [0.1, 0.15) is 15.9 Å². The monoisotopic (exact) mass is 391 g/mol. The molecule has 0 radical (unpaired) electrons. The smallest absolute Gasteiger partial charge is 0.338 e. The number of aryl methyl sites for hydroxylation is 1. The van der Waals surface area contributed by atoms with Gasteiger partial charge in [0.2, 0.25) is 5.82 Å². The summed E-state index contributed by atoms with van der Waals surface area (Å²) in [6.45, 7) is 1.86. The van der Waals surface area contributed by atoms with E-state index in [1.165, 1.54) is 16.7 Å². The summed E-state index contributed by atoms with van der Waals surface area (Å²) >= 11 is 0. The van der Waals surface area contributed by atoms with Gasteiger partial charge in [0.1, 0.15) is 5.82 Å². The van der Waals surface area contributed by atoms with E-state index >= 15 is 0 Å². The number of pyridine rings is 1. The molecule has 0 aliphatic carbocycles. The zero-order chi connectivity index (χ0) is 20.5. The molecule has 0 atom stereocenters. The summed E-state index contributed by atoms with van der Waals surface area (Å²) in [6.07, 6.45) is 1.68. The summed E-state index contributed by atoms with van der Waals surface area (Å²) in [5.41, 5.74) is 1.91. The molecule has 29 heavy (non-hydrogen) atoms. The molecule has 2 aromatic heterocycles. The predicted octanol–water partition coefficient (Wildman–Crippen LogP) is 3.70. The summed E-state index contributed by atoms with van der Waals surface area (Å²) in [6, 6.07) is 13.9. The molecular weight excluding hydrogens is 377 g/mol. The van der Waals surface area contributed by atoms with Gasteiger partial charge in [-0.05, 0) is 55.0 Å². The van der Waals surface area contributed by atoms with Gasteiger partial charge in [0.15, 0.2) is 0 Å². The van der Waals surface area contributed by atoms with Crippen LogP contribution in [-0.2, 0) is 0 Å². The molecule has 0 amide bonds. The number of carboxylic acid groups (broad SMARTS) is 1. The molecule has 0 unspecified atom stereocenters. The van der Waals surface area contributed by atoms with Crippen molar-refractivity contribution in [1.82, 2.24) is 14.7 Å². The number of benzene rings is 2. The van der Waals surface area contributed by atoms with Crippen molar-refractivity contribution in [3.05, 3.63) is 88.1 Å². The zero-order valence-corrected chi connectivity index (χ0v) is 15.2. The van der Waals surface area contributed by atoms with E-state index in [2.05, 4.69) is 10.1 Å². The summed E-state index contributed by atoms with van der Waals surface area (Å²) in [4.78, 5) is 27.2. The highest BCUT2D eigenvalue weighted by Gasteiger charge is 2.16. The van der Waals surface area contributed by atoms with Crippen molar-refractivity contribution >= 4 is 5.97 Å². The Morgan fingerprint density at radius 1 is 1.10 bits per heavy atom. The molecule has 0 aliphatic heterocycles. The van der Waals surface area contributed by atoms with Crippen molar-refractivity contribution < 1.29 is 18.8 Å². The lowest BCUT2D eigenvalue weighted by Gasteiger charge is -2.09. The molecule has 4 aromatic rings. The first-order valence-corrected chi connectivity index (χ1v) is 8.60. The number of hydrogen-bond acceptors (Lipinski definition) is 5. The van der Waals surface area contributed by atoms with E-state index in [1.807, 2.05) is 6.92 Å². The van der Waals surface area contributed by atoms with E-state index in [-0.39, 0.29) is 17.3 Å². The molecule has 8 heteroatoms. The maximum Gasteiger partial charge on any atom is 0.338 e. The topological polar surface area (TPSA) is 98.2 Å². The van der Waals surface area contributed by atoms with Crippen molar-refractivity contribution in [2.24, 2.45) is 0 Å². The first kappa shape index (κ1) is 18.3. The Morgan fingerprint density at radius 3 is 2.59 bits per heavy atom. The Morgan fingerprint density at radius 2 is 1.90 bits per heavy atom. The Bertz CT molecular complexity index is 1290. The van der Waals surface area contributed by atoms with Crippen LogP contribution in [0.4, 0.5) is 4.39 Å². The molecule has 0 saturated carbocycles. The van der Waals surface area contributed by atoms with Crippen LogP contribution in [0, 0.1) is 12.7 Å². The van der Waals surface area contributed by atoms with E-state index in [9.17, 15) is 14.0 Å². The van der Waals surface area contributed by atoms with Crippen molar-refractivity contribution in [2.75, 3.05) is 0 Å². The fourth-order valence-corrected chi connectivity index (χ4v) is 2.97. The van der Waals surface area contributed by atoms with Crippen LogP contribution in [0.25, 0.3) is 28.5 Å². The van der Waals surface area contributed by atoms with E-state index in [1.54, 1.807) is 36.5 Å². The molecule has 1 N–H and O–H groups in total. The number of halogens is 1. The molecule has 0 aliphatic rings. The fraction of sp³-hybridized carbons (Fsp3) is 0.0476. The number of carboxylic acids is 1. The third-order valence-corrected chi connectivity index (χ3v) is 4.41. The highest BCUT2D eigenvalue weighted by molar-refractivity contribution is 5.88. The standard InChI is InChI=1S/C21H14FN3O4/c1-12-10-14(6-8-17(12)25-9-3-2-4-18(25)26)20-23-19(24-29-20)13-5-7-15(21(27)28)16(22)11-13/h2-11H,1H3,(H,27,28). The summed E-state index contributed by atoms with van der Waals surface area (Å²) in [7, 11) is 0. The average molecular weight is 391 g/mol. The van der Waals surface area contributed by atoms with Gasteiger partial charge in [-0.1, -0.05) is 11.2 Å². The molecule has 0 spiro atoms. The van der Waals surface area contributed by atoms with Gasteiger partial charge in [0.05, 0.1) is 11.3 Å². The second kappa shape index (κ2) is 7.16. The fourth-order valence-electron chi connectivity index (χ4n) is 2.97. The van der Waals surface area contributed by atoms with E-state index in [0.717, 1.165) is 23.4 Å². The van der Waals surface area contributed by atoms with Gasteiger partial charge in [0.25, 0.3) is 11.4 Å². The summed E-state index contributed by atoms with van der Waals surface area (Å²) < 4.78 is 20.7. The molecule has 144 valence electrons. The highest BCUT2D eigenvalue weighted by Crippen LogP contribution is 2.26. The van der Waals surface area contributed by atoms with Crippen LogP contribution in [-0.4, -0.2) is 25.8 Å². The second-order valence-electron chi connectivity index (χ2n) is 6.33. The average Bonchev–Trinajstić information content (AvgIpc) is 3.18. The van der Waals surface area contributed by atoms with Crippen LogP contribution in [0.15, 0.2) is 70.1 Å². The third kappa shape index (κ3) is 3.43. The SMILES string of the molecule is Cc1cc(-c2nc(-c3ccc(C(=O)O)c(F)c3)no2)ccc1-n1ccccc1=O. The van der Waals surface area contributed by atoms with Gasteiger partial charge in [0, 0.05) is 23.4 Å². The van der Waals surface area contributed by atoms with Gasteiger partial charge < -0.3 is 9.63 Å². The van der Waals surface area contributed by atoms with Gasteiger partial charge in [-0.25, -0.2) is 9.18 Å². The Balaban J connectivity index is 1.68. The van der Waals surface area contributed by atoms with E-state index in [0.29, 0.717) is 11.1 Å². The van der Waals surface area contributed by atoms with Crippen LogP contribution in [0.3, 0.4) is 0 Å². The molecule has 2 aromatic carbocycles. The predicted molar refractivity (Wildman–Crippen MR) is 102 cm³/mol. The van der Waals surface area contributed by atoms with Crippen molar-refractivity contribution in [3.8, 4) is 28.5 Å². The molecule has 2 heterocycles. The number of rotatable bonds is 4. The van der Waals surface area contributed by atoms with Crippen LogP contribution >= 0.6 is 0 Å². The second-order valence-corrected chi connectivity index (χ2v) is 6.33. The Labute approximate surface area is 163 Å². The Kier molecular flexibility index (Phi) is 4.52. The molecular formula is C21H14FN3O4. The third-order valence-electron chi connectivity index (χ3n) is 4.41. The highest BCUT2D eigenvalue weighted by atomic mass is 19.1. The lowest BCUT2D eigenvalue weighted by atomic mass is 10.1. The first-order valence-electron chi connectivity index (χ1n) is 8.60. The van der Waals surface area contributed by atoms with Crippen molar-refractivity contribution in [3.63, 3.8) is 0 Å². The van der Waals surface area contributed by atoms with Crippen molar-refractivity contribution in [2.45, 2.75) is 6.92 Å². The van der Waals surface area contributed by atoms with Crippen LogP contribution in [0.2, 0.25) is 0 Å². The van der Waals surface area contributed by atoms with Gasteiger partial charge in [-0.15, -0.1) is 0 Å². The molecule has 0 fully saturated rings. The molecule has 7 nitrogen and oxygen atoms in total. The zero-order valence-electron chi connectivity index (χ0n) is 15.2. The minimum atomic E-state index is -1.35. The summed E-state index contributed by atoms with van der Waals surface area (Å²) in [5.74, 6) is -1.87. The maximum absolute atomic E-state index is 13.9. The molecule has 0 saturated heterocycles. The minimum absolute atomic E-state index is 0.136. The number of nitrogens with zero attached hydrogens (tertiary/aromatic N) is 3. The maximum atomic E-state index is 13.9. The van der Waals surface area contributed by atoms with Gasteiger partial charge in [-0.2, -0.15) is 4.98 Å². The number of aromatic nitrogens is 3. The van der Waals surface area contributed by atoms with E-state index < -0.39 is 17.3 Å². The molecule has 0 bridgehead atoms. The lowest BCUT2D eigenvalue weighted by Crippen LogP contribution is -2.16. The number of carbonyl (C=O) groups is 1. The normalized spacial score (nSPS) is 10.8. The molecule has 4 rings (SSSR count). The van der Waals surface area contributed by atoms with Gasteiger partial charge in [-0.3, -0.25) is 9.36 Å². The lowest BCUT2D eigenvalue weighted by molar-refractivity contribution is 0.0692. The van der Waals surface area contributed by atoms with E-state index in [4.69, 9.17) is 9.63 Å². The van der Waals surface area contributed by atoms with Gasteiger partial charge >= 0.3 is 5.97 Å². The number of hydrogen-bond donors (Lipinski definition) is 1. The quantitative estimate of drug-likeness (QED) is 0.570. The number of aromatic carboxylic acids is 1. The summed E-state index contributed by atoms with van der Waals surface area (Å²) in [5, 5.41) is 12.8. The Hall–Kier alpha value is -4.07.